The number of hydrogen-bond donors (Lipinski definition) is 0. The smallest absolute Gasteiger partial charge is 0.273 e. The molecule has 0 atom stereocenters. The zero-order chi connectivity index (χ0) is 21.3. The Morgan fingerprint density at radius 1 is 1.28 bits per heavy atom. The van der Waals surface area contributed by atoms with E-state index in [1.165, 1.54) is 12.3 Å². The Labute approximate surface area is 168 Å². The number of nitrogens with zero attached hydrogens (tertiary/aromatic N) is 2. The first-order chi connectivity index (χ1) is 13.6. The third-order valence-electron chi connectivity index (χ3n) is 4.02. The minimum atomic E-state index is -0.990. The van der Waals surface area contributed by atoms with E-state index in [-0.39, 0.29) is 20.5 Å². The molecule has 8 heteroatoms. The van der Waals surface area contributed by atoms with Crippen LogP contribution < -0.4 is 14.8 Å². The Bertz CT molecular complexity index is 1300. The highest BCUT2D eigenvalue weighted by Crippen LogP contribution is 2.20. The molecular weight excluding hydrogens is 398 g/mol. The molecule has 2 aromatic heterocycles. The van der Waals surface area contributed by atoms with Crippen LogP contribution in [-0.4, -0.2) is 10.4 Å². The second-order valence-corrected chi connectivity index (χ2v) is 8.26. The molecule has 5 nitrogen and oxygen atoms in total. The van der Waals surface area contributed by atoms with Crippen molar-refractivity contribution in [1.82, 2.24) is 4.57 Å². The van der Waals surface area contributed by atoms with E-state index in [1.807, 2.05) is 6.07 Å². The normalized spacial score (nSPS) is 13.3. The molecule has 0 aliphatic heterocycles. The quantitative estimate of drug-likeness (QED) is 0.661. The summed E-state index contributed by atoms with van der Waals surface area (Å²) in [6.45, 7) is 4.91. The van der Waals surface area contributed by atoms with E-state index in [9.17, 15) is 23.6 Å². The lowest BCUT2D eigenvalue weighted by Gasteiger charge is -2.15. The minimum Gasteiger partial charge on any atom is -0.465 e. The number of ketones is 1. The van der Waals surface area contributed by atoms with Gasteiger partial charge in [-0.25, -0.2) is 8.78 Å². The van der Waals surface area contributed by atoms with E-state index in [0.29, 0.717) is 11.8 Å². The lowest BCUT2D eigenvalue weighted by Crippen LogP contribution is -2.33. The number of carbonyl (C=O) groups excluding carboxylic acids is 1. The Hall–Kier alpha value is -3.31. The maximum Gasteiger partial charge on any atom is 0.273 e. The summed E-state index contributed by atoms with van der Waals surface area (Å²) in [5.41, 5.74) is -2.08. The summed E-state index contributed by atoms with van der Waals surface area (Å²) in [4.78, 5) is 25.9. The van der Waals surface area contributed by atoms with Crippen molar-refractivity contribution >= 4 is 28.8 Å². The van der Waals surface area contributed by atoms with Crippen molar-refractivity contribution in [1.29, 1.82) is 5.26 Å². The third kappa shape index (κ3) is 3.96. The van der Waals surface area contributed by atoms with Gasteiger partial charge in [0, 0.05) is 17.6 Å². The number of nitriles is 1. The molecule has 0 fully saturated rings. The molecule has 0 N–H and O–H groups in total. The number of aromatic nitrogens is 1. The van der Waals surface area contributed by atoms with Crippen molar-refractivity contribution in [2.75, 3.05) is 0 Å². The minimum absolute atomic E-state index is 0.0271. The average Bonchev–Trinajstić information content (AvgIpc) is 3.25. The van der Waals surface area contributed by atoms with Gasteiger partial charge >= 0.3 is 0 Å². The van der Waals surface area contributed by atoms with Gasteiger partial charge in [0.25, 0.3) is 5.56 Å². The Balaban J connectivity index is 2.48. The second-order valence-electron chi connectivity index (χ2n) is 7.23. The van der Waals surface area contributed by atoms with Gasteiger partial charge in [-0.05, 0) is 24.3 Å². The van der Waals surface area contributed by atoms with Crippen LogP contribution in [0.4, 0.5) is 8.78 Å². The van der Waals surface area contributed by atoms with Gasteiger partial charge in [-0.3, -0.25) is 14.2 Å². The molecule has 3 rings (SSSR count). The number of thiazole rings is 1. The van der Waals surface area contributed by atoms with Gasteiger partial charge in [-0.2, -0.15) is 5.26 Å². The fraction of sp³-hybridized carbons (Fsp3) is 0.190. The van der Waals surface area contributed by atoms with Crippen molar-refractivity contribution in [2.24, 2.45) is 5.41 Å². The molecule has 0 unspecified atom stereocenters. The van der Waals surface area contributed by atoms with Crippen molar-refractivity contribution in [3.63, 3.8) is 0 Å². The first kappa shape index (κ1) is 20.4. The highest BCUT2D eigenvalue weighted by atomic mass is 32.1. The Morgan fingerprint density at radius 2 is 2.00 bits per heavy atom. The van der Waals surface area contributed by atoms with Crippen molar-refractivity contribution in [3.05, 3.63) is 73.5 Å². The van der Waals surface area contributed by atoms with Gasteiger partial charge < -0.3 is 4.42 Å². The van der Waals surface area contributed by atoms with E-state index in [2.05, 4.69) is 0 Å². The number of furan rings is 1. The van der Waals surface area contributed by atoms with Crippen LogP contribution in [0.1, 0.15) is 26.5 Å². The second kappa shape index (κ2) is 7.60. The molecule has 0 spiro atoms. The van der Waals surface area contributed by atoms with E-state index in [4.69, 9.17) is 4.42 Å². The number of carbonyl (C=O) groups is 1. The van der Waals surface area contributed by atoms with Crippen LogP contribution in [0.5, 0.6) is 0 Å². The fourth-order valence-corrected chi connectivity index (χ4v) is 3.68. The average molecular weight is 414 g/mol. The molecule has 3 aromatic rings. The van der Waals surface area contributed by atoms with Crippen LogP contribution in [0.2, 0.25) is 0 Å². The maximum atomic E-state index is 14.5. The van der Waals surface area contributed by atoms with Gasteiger partial charge in [-0.15, -0.1) is 11.3 Å². The largest absolute Gasteiger partial charge is 0.465 e. The number of Topliss-reactive ketones (excluding diaryl/α,β-unsaturated/α-hetero) is 1. The predicted molar refractivity (Wildman–Crippen MR) is 105 cm³/mol. The SMILES string of the molecule is CC(C)(C)C(=O)C(C#N)=c1sc(=Cc2ccco2)c(=O)n1-c1ccc(F)cc1F. The molecular formula is C21H16F2N2O3S. The Kier molecular flexibility index (Phi) is 5.36. The van der Waals surface area contributed by atoms with Crippen LogP contribution in [0.25, 0.3) is 17.3 Å². The van der Waals surface area contributed by atoms with E-state index in [1.54, 1.807) is 32.9 Å². The van der Waals surface area contributed by atoms with Crippen LogP contribution in [0, 0.1) is 28.4 Å². The van der Waals surface area contributed by atoms with Crippen LogP contribution in [0.15, 0.2) is 45.8 Å². The fourth-order valence-electron chi connectivity index (χ4n) is 2.60. The molecule has 0 aliphatic rings. The van der Waals surface area contributed by atoms with E-state index in [0.717, 1.165) is 28.0 Å². The first-order valence-electron chi connectivity index (χ1n) is 8.55. The molecule has 2 heterocycles. The number of rotatable bonds is 3. The van der Waals surface area contributed by atoms with Crippen LogP contribution in [-0.2, 0) is 4.79 Å². The molecule has 29 heavy (non-hydrogen) atoms. The molecule has 0 saturated carbocycles. The molecule has 0 aliphatic carbocycles. The Morgan fingerprint density at radius 3 is 2.55 bits per heavy atom. The lowest BCUT2D eigenvalue weighted by atomic mass is 9.87. The predicted octanol–water partition coefficient (Wildman–Crippen LogP) is 2.89. The van der Waals surface area contributed by atoms with Gasteiger partial charge in [0.05, 0.1) is 16.5 Å². The van der Waals surface area contributed by atoms with Gasteiger partial charge in [0.2, 0.25) is 0 Å². The van der Waals surface area contributed by atoms with Gasteiger partial charge in [-0.1, -0.05) is 20.8 Å². The molecule has 1 aromatic carbocycles. The first-order valence-corrected chi connectivity index (χ1v) is 9.37. The van der Waals surface area contributed by atoms with E-state index >= 15 is 0 Å². The molecule has 0 amide bonds. The molecule has 0 radical (unpaired) electrons. The number of halogens is 2. The van der Waals surface area contributed by atoms with Crippen LogP contribution in [0.3, 0.4) is 0 Å². The van der Waals surface area contributed by atoms with Gasteiger partial charge in [0.15, 0.2) is 5.78 Å². The zero-order valence-electron chi connectivity index (χ0n) is 15.8. The topological polar surface area (TPSA) is 76.0 Å². The van der Waals surface area contributed by atoms with Crippen molar-refractivity contribution in [3.8, 4) is 11.8 Å². The number of hydrogen-bond acceptors (Lipinski definition) is 5. The highest BCUT2D eigenvalue weighted by Gasteiger charge is 2.28. The van der Waals surface area contributed by atoms with Crippen molar-refractivity contribution < 1.29 is 18.0 Å². The van der Waals surface area contributed by atoms with Crippen molar-refractivity contribution in [2.45, 2.75) is 20.8 Å². The van der Waals surface area contributed by atoms with E-state index < -0.39 is 28.4 Å². The number of benzene rings is 1. The summed E-state index contributed by atoms with van der Waals surface area (Å²) >= 11 is 0.863. The summed E-state index contributed by atoms with van der Waals surface area (Å²) in [6.07, 6.45) is 2.86. The van der Waals surface area contributed by atoms with Crippen LogP contribution >= 0.6 is 11.3 Å². The monoisotopic (exact) mass is 414 g/mol. The summed E-state index contributed by atoms with van der Waals surface area (Å²) < 4.78 is 34.1. The standard InChI is InChI=1S/C21H16F2N2O3S/c1-21(2,3)18(26)14(11-24)20-25(16-7-6-12(22)9-15(16)23)19(27)17(29-20)10-13-5-4-8-28-13/h4-10H,1-3H3. The summed E-state index contributed by atoms with van der Waals surface area (Å²) in [7, 11) is 0. The third-order valence-corrected chi connectivity index (χ3v) is 5.12. The lowest BCUT2D eigenvalue weighted by molar-refractivity contribution is -0.120. The summed E-state index contributed by atoms with van der Waals surface area (Å²) in [5.74, 6) is -1.92. The summed E-state index contributed by atoms with van der Waals surface area (Å²) in [5, 5.41) is 9.66. The summed E-state index contributed by atoms with van der Waals surface area (Å²) in [6, 6.07) is 7.83. The maximum absolute atomic E-state index is 14.5. The molecule has 0 saturated heterocycles. The molecule has 0 bridgehead atoms. The van der Waals surface area contributed by atoms with Gasteiger partial charge in [0.1, 0.15) is 33.7 Å². The molecule has 148 valence electrons. The highest BCUT2D eigenvalue weighted by molar-refractivity contribution is 7.07. The zero-order valence-corrected chi connectivity index (χ0v) is 16.6.